The third-order valence-corrected chi connectivity index (χ3v) is 5.53. The van der Waals surface area contributed by atoms with E-state index < -0.39 is 0 Å². The van der Waals surface area contributed by atoms with Crippen molar-refractivity contribution in [2.24, 2.45) is 10.9 Å². The van der Waals surface area contributed by atoms with Crippen molar-refractivity contribution in [1.82, 2.24) is 15.5 Å². The number of aliphatic imine (C=N–C) groups is 1. The molecule has 1 atom stereocenters. The van der Waals surface area contributed by atoms with Crippen LogP contribution in [0.2, 0.25) is 0 Å². The summed E-state index contributed by atoms with van der Waals surface area (Å²) in [5.74, 6) is 1.14. The smallest absolute Gasteiger partial charge is 0.225 e. The molecule has 1 aliphatic carbocycles. The molecule has 2 fully saturated rings. The third kappa shape index (κ3) is 5.21. The van der Waals surface area contributed by atoms with Gasteiger partial charge in [-0.25, -0.2) is 9.38 Å². The van der Waals surface area contributed by atoms with Crippen LogP contribution in [0.3, 0.4) is 0 Å². The van der Waals surface area contributed by atoms with Gasteiger partial charge in [-0.1, -0.05) is 25.0 Å². The number of carbonyl (C=O) groups excluding carboxylic acids is 1. The predicted molar refractivity (Wildman–Crippen MR) is 106 cm³/mol. The minimum absolute atomic E-state index is 0.189. The summed E-state index contributed by atoms with van der Waals surface area (Å²) in [4.78, 5) is 19.2. The van der Waals surface area contributed by atoms with Crippen LogP contribution in [0.25, 0.3) is 0 Å². The van der Waals surface area contributed by atoms with Gasteiger partial charge in [-0.3, -0.25) is 4.79 Å². The normalized spacial score (nSPS) is 20.9. The number of hydrogen-bond acceptors (Lipinski definition) is 2. The van der Waals surface area contributed by atoms with E-state index in [9.17, 15) is 9.18 Å². The number of carbonyl (C=O) groups is 1. The summed E-state index contributed by atoms with van der Waals surface area (Å²) in [5, 5.41) is 6.73. The molecular formula is C21H31FN4O. The lowest BCUT2D eigenvalue weighted by Crippen LogP contribution is -2.45. The fourth-order valence-electron chi connectivity index (χ4n) is 4.00. The highest BCUT2D eigenvalue weighted by molar-refractivity contribution is 5.81. The summed E-state index contributed by atoms with van der Waals surface area (Å²) >= 11 is 0. The molecule has 5 nitrogen and oxygen atoms in total. The third-order valence-electron chi connectivity index (χ3n) is 5.53. The summed E-state index contributed by atoms with van der Waals surface area (Å²) < 4.78 is 13.4. The monoisotopic (exact) mass is 374 g/mol. The maximum Gasteiger partial charge on any atom is 0.225 e. The van der Waals surface area contributed by atoms with E-state index in [1.807, 2.05) is 17.9 Å². The zero-order valence-corrected chi connectivity index (χ0v) is 16.4. The molecule has 1 aromatic rings. The molecule has 1 saturated heterocycles. The second-order valence-electron chi connectivity index (χ2n) is 7.67. The number of halogens is 1. The van der Waals surface area contributed by atoms with Gasteiger partial charge in [0, 0.05) is 31.6 Å². The predicted octanol–water partition coefficient (Wildman–Crippen LogP) is 2.98. The van der Waals surface area contributed by atoms with Crippen LogP contribution in [-0.4, -0.2) is 42.4 Å². The molecular weight excluding hydrogens is 343 g/mol. The molecule has 0 radical (unpaired) electrons. The van der Waals surface area contributed by atoms with Crippen LogP contribution in [0.4, 0.5) is 4.39 Å². The molecule has 1 aliphatic heterocycles. The van der Waals surface area contributed by atoms with Crippen molar-refractivity contribution in [1.29, 1.82) is 0 Å². The van der Waals surface area contributed by atoms with E-state index in [0.717, 1.165) is 50.4 Å². The van der Waals surface area contributed by atoms with Crippen molar-refractivity contribution in [3.05, 3.63) is 35.1 Å². The Kier molecular flexibility index (Phi) is 6.69. The lowest BCUT2D eigenvalue weighted by Gasteiger charge is -2.21. The first kappa shape index (κ1) is 19.6. The van der Waals surface area contributed by atoms with Gasteiger partial charge in [0.1, 0.15) is 5.82 Å². The molecule has 0 spiro atoms. The van der Waals surface area contributed by atoms with E-state index in [0.29, 0.717) is 18.0 Å². The first-order valence-corrected chi connectivity index (χ1v) is 10.2. The van der Waals surface area contributed by atoms with Gasteiger partial charge >= 0.3 is 0 Å². The van der Waals surface area contributed by atoms with Crippen molar-refractivity contribution in [2.45, 2.75) is 58.5 Å². The van der Waals surface area contributed by atoms with Gasteiger partial charge in [0.2, 0.25) is 5.91 Å². The highest BCUT2D eigenvalue weighted by Crippen LogP contribution is 2.27. The molecule has 0 aromatic heterocycles. The topological polar surface area (TPSA) is 56.7 Å². The zero-order valence-electron chi connectivity index (χ0n) is 16.4. The van der Waals surface area contributed by atoms with Gasteiger partial charge < -0.3 is 15.5 Å². The number of benzene rings is 1. The summed E-state index contributed by atoms with van der Waals surface area (Å²) in [6.07, 6.45) is 5.42. The van der Waals surface area contributed by atoms with Gasteiger partial charge in [0.15, 0.2) is 5.96 Å². The number of aryl methyl sites for hydroxylation is 1. The van der Waals surface area contributed by atoms with Gasteiger partial charge in [-0.2, -0.15) is 0 Å². The molecule has 2 N–H and O–H groups in total. The van der Waals surface area contributed by atoms with Gasteiger partial charge in [-0.15, -0.1) is 0 Å². The zero-order chi connectivity index (χ0) is 19.2. The lowest BCUT2D eigenvalue weighted by molar-refractivity contribution is -0.134. The van der Waals surface area contributed by atoms with E-state index in [4.69, 9.17) is 0 Å². The highest BCUT2D eigenvalue weighted by Gasteiger charge is 2.32. The number of likely N-dealkylation sites (tertiary alicyclic amines) is 1. The first-order chi connectivity index (χ1) is 13.1. The van der Waals surface area contributed by atoms with E-state index in [-0.39, 0.29) is 17.8 Å². The molecule has 6 heteroatoms. The minimum Gasteiger partial charge on any atom is -0.357 e. The van der Waals surface area contributed by atoms with Crippen molar-refractivity contribution < 1.29 is 9.18 Å². The molecule has 2 aliphatic rings. The second-order valence-corrected chi connectivity index (χ2v) is 7.67. The summed E-state index contributed by atoms with van der Waals surface area (Å²) in [6, 6.07) is 5.32. The Bertz CT molecular complexity index is 685. The molecule has 1 amide bonds. The number of nitrogens with zero attached hydrogens (tertiary/aromatic N) is 2. The standard InChI is InChI=1S/C21H31FN4O/c1-3-23-21(24-13-16-8-9-19(22)15(2)12-16)25-18-10-11-26(14-18)20(27)17-6-4-5-7-17/h8-9,12,17-18H,3-7,10-11,13-14H2,1-2H3,(H2,23,24,25). The van der Waals surface area contributed by atoms with E-state index in [1.54, 1.807) is 13.0 Å². The molecule has 0 bridgehead atoms. The largest absolute Gasteiger partial charge is 0.357 e. The van der Waals surface area contributed by atoms with Crippen LogP contribution >= 0.6 is 0 Å². The van der Waals surface area contributed by atoms with E-state index in [1.165, 1.54) is 18.9 Å². The molecule has 27 heavy (non-hydrogen) atoms. The maximum atomic E-state index is 13.4. The van der Waals surface area contributed by atoms with Gasteiger partial charge in [-0.05, 0) is 50.3 Å². The quantitative estimate of drug-likeness (QED) is 0.615. The Morgan fingerprint density at radius 2 is 2.07 bits per heavy atom. The summed E-state index contributed by atoms with van der Waals surface area (Å²) in [6.45, 7) is 6.63. The van der Waals surface area contributed by atoms with Crippen LogP contribution in [-0.2, 0) is 11.3 Å². The highest BCUT2D eigenvalue weighted by atomic mass is 19.1. The average Bonchev–Trinajstić information content (AvgIpc) is 3.34. The Hall–Kier alpha value is -2.11. The van der Waals surface area contributed by atoms with Crippen LogP contribution in [0.1, 0.15) is 50.2 Å². The first-order valence-electron chi connectivity index (χ1n) is 10.2. The summed E-state index contributed by atoms with van der Waals surface area (Å²) in [7, 11) is 0. The van der Waals surface area contributed by atoms with Crippen molar-refractivity contribution in [2.75, 3.05) is 19.6 Å². The number of amides is 1. The molecule has 1 heterocycles. The van der Waals surface area contributed by atoms with Crippen LogP contribution in [0, 0.1) is 18.7 Å². The number of nitrogens with one attached hydrogen (secondary N) is 2. The van der Waals surface area contributed by atoms with Crippen LogP contribution in [0.5, 0.6) is 0 Å². The SMILES string of the molecule is CCNC(=NCc1ccc(F)c(C)c1)NC1CCN(C(=O)C2CCCC2)C1. The average molecular weight is 375 g/mol. The molecule has 1 saturated carbocycles. The minimum atomic E-state index is -0.189. The Morgan fingerprint density at radius 1 is 1.30 bits per heavy atom. The lowest BCUT2D eigenvalue weighted by atomic mass is 10.1. The van der Waals surface area contributed by atoms with Crippen molar-refractivity contribution in [3.63, 3.8) is 0 Å². The van der Waals surface area contributed by atoms with E-state index >= 15 is 0 Å². The fourth-order valence-corrected chi connectivity index (χ4v) is 4.00. The molecule has 1 unspecified atom stereocenters. The summed E-state index contributed by atoms with van der Waals surface area (Å²) in [5.41, 5.74) is 1.62. The fraction of sp³-hybridized carbons (Fsp3) is 0.619. The Labute approximate surface area is 161 Å². The molecule has 1 aromatic carbocycles. The molecule has 3 rings (SSSR count). The van der Waals surface area contributed by atoms with Crippen LogP contribution in [0.15, 0.2) is 23.2 Å². The number of hydrogen-bond donors (Lipinski definition) is 2. The van der Waals surface area contributed by atoms with Crippen LogP contribution < -0.4 is 10.6 Å². The Morgan fingerprint density at radius 3 is 2.78 bits per heavy atom. The Balaban J connectivity index is 1.55. The maximum absolute atomic E-state index is 13.4. The number of rotatable bonds is 5. The van der Waals surface area contributed by atoms with Gasteiger partial charge in [0.25, 0.3) is 0 Å². The van der Waals surface area contributed by atoms with Gasteiger partial charge in [0.05, 0.1) is 6.54 Å². The van der Waals surface area contributed by atoms with Crippen molar-refractivity contribution in [3.8, 4) is 0 Å². The number of guanidine groups is 1. The van der Waals surface area contributed by atoms with Crippen molar-refractivity contribution >= 4 is 11.9 Å². The second kappa shape index (κ2) is 9.20. The van der Waals surface area contributed by atoms with E-state index in [2.05, 4.69) is 15.6 Å². The molecule has 148 valence electrons.